The predicted octanol–water partition coefficient (Wildman–Crippen LogP) is 8.23. The van der Waals surface area contributed by atoms with Crippen molar-refractivity contribution in [2.75, 3.05) is 13.2 Å². The van der Waals surface area contributed by atoms with Crippen molar-refractivity contribution in [2.24, 2.45) is 0 Å². The third-order valence-electron chi connectivity index (χ3n) is 7.89. The standard InChI is InChI=1S/C32H58O6/c1-3-5-7-9-11-13-15-17-19-21-23-27-29(37-27)31(33)35-25-26-36-32(34)30-28(38-30)24-22-20-18-16-14-12-10-8-6-4-2/h27-30H,3-26H2,1-2H3. The van der Waals surface area contributed by atoms with Gasteiger partial charge in [-0.3, -0.25) is 0 Å². The second-order valence-electron chi connectivity index (χ2n) is 11.5. The summed E-state index contributed by atoms with van der Waals surface area (Å²) in [6.07, 6.45) is 27.0. The number of hydrogen-bond donors (Lipinski definition) is 0. The second-order valence-corrected chi connectivity index (χ2v) is 11.5. The van der Waals surface area contributed by atoms with Crippen molar-refractivity contribution in [2.45, 2.75) is 180 Å². The zero-order valence-electron chi connectivity index (χ0n) is 24.7. The summed E-state index contributed by atoms with van der Waals surface area (Å²) in [4.78, 5) is 24.2. The van der Waals surface area contributed by atoms with E-state index < -0.39 is 12.2 Å². The van der Waals surface area contributed by atoms with E-state index in [1.165, 1.54) is 116 Å². The first-order valence-electron chi connectivity index (χ1n) is 16.3. The Bertz CT molecular complexity index is 557. The Hall–Kier alpha value is -1.14. The minimum atomic E-state index is -0.429. The summed E-state index contributed by atoms with van der Waals surface area (Å²) in [6.45, 7) is 4.66. The van der Waals surface area contributed by atoms with E-state index in [9.17, 15) is 9.59 Å². The number of ether oxygens (including phenoxy) is 4. The Kier molecular flexibility index (Phi) is 18.8. The van der Waals surface area contributed by atoms with Crippen LogP contribution in [0.3, 0.4) is 0 Å². The van der Waals surface area contributed by atoms with E-state index in [1.54, 1.807) is 0 Å². The molecule has 0 N–H and O–H groups in total. The number of esters is 2. The van der Waals surface area contributed by atoms with Crippen LogP contribution in [0.2, 0.25) is 0 Å². The zero-order chi connectivity index (χ0) is 27.3. The molecule has 2 rings (SSSR count). The molecule has 0 aromatic rings. The molecule has 2 aliphatic rings. The van der Waals surface area contributed by atoms with Crippen molar-refractivity contribution >= 4 is 11.9 Å². The fourth-order valence-corrected chi connectivity index (χ4v) is 5.25. The number of carbonyl (C=O) groups excluding carboxylic acids is 2. The molecule has 6 heteroatoms. The molecule has 2 fully saturated rings. The quantitative estimate of drug-likeness (QED) is 0.0595. The fourth-order valence-electron chi connectivity index (χ4n) is 5.25. The lowest BCUT2D eigenvalue weighted by Crippen LogP contribution is -2.20. The first-order chi connectivity index (χ1) is 18.7. The summed E-state index contributed by atoms with van der Waals surface area (Å²) in [7, 11) is 0. The third kappa shape index (κ3) is 16.1. The maximum atomic E-state index is 12.1. The van der Waals surface area contributed by atoms with E-state index in [0.717, 1.165) is 25.7 Å². The minimum absolute atomic E-state index is 0.00510. The normalized spacial score (nSPS) is 21.8. The van der Waals surface area contributed by atoms with Crippen LogP contribution in [-0.2, 0) is 28.5 Å². The third-order valence-corrected chi connectivity index (χ3v) is 7.89. The van der Waals surface area contributed by atoms with Crippen LogP contribution in [0.5, 0.6) is 0 Å². The summed E-state index contributed by atoms with van der Waals surface area (Å²) >= 11 is 0. The Labute approximate surface area is 233 Å². The van der Waals surface area contributed by atoms with Gasteiger partial charge in [0.1, 0.15) is 13.2 Å². The maximum Gasteiger partial charge on any atom is 0.338 e. The van der Waals surface area contributed by atoms with Crippen molar-refractivity contribution in [3.8, 4) is 0 Å². The van der Waals surface area contributed by atoms with E-state index in [2.05, 4.69) is 13.8 Å². The molecule has 222 valence electrons. The first-order valence-corrected chi connectivity index (χ1v) is 16.3. The zero-order valence-corrected chi connectivity index (χ0v) is 24.7. The van der Waals surface area contributed by atoms with Crippen molar-refractivity contribution in [1.29, 1.82) is 0 Å². The van der Waals surface area contributed by atoms with Gasteiger partial charge in [-0.2, -0.15) is 0 Å². The maximum absolute atomic E-state index is 12.1. The van der Waals surface area contributed by atoms with Crippen LogP contribution in [0.25, 0.3) is 0 Å². The monoisotopic (exact) mass is 538 g/mol. The van der Waals surface area contributed by atoms with Gasteiger partial charge in [0.2, 0.25) is 0 Å². The Morgan fingerprint density at radius 3 is 1.08 bits per heavy atom. The lowest BCUT2D eigenvalue weighted by molar-refractivity contribution is -0.153. The molecule has 0 aromatic carbocycles. The van der Waals surface area contributed by atoms with Crippen LogP contribution < -0.4 is 0 Å². The summed E-state index contributed by atoms with van der Waals surface area (Å²) < 4.78 is 21.4. The number of epoxide rings is 2. The molecule has 2 saturated heterocycles. The molecule has 0 spiro atoms. The molecule has 6 nitrogen and oxygen atoms in total. The molecule has 0 bridgehead atoms. The number of hydrogen-bond acceptors (Lipinski definition) is 6. The average Bonchev–Trinajstić information content (AvgIpc) is 3.84. The van der Waals surface area contributed by atoms with Crippen molar-refractivity contribution in [3.05, 3.63) is 0 Å². The van der Waals surface area contributed by atoms with Gasteiger partial charge < -0.3 is 18.9 Å². The van der Waals surface area contributed by atoms with Crippen molar-refractivity contribution in [1.82, 2.24) is 0 Å². The molecule has 0 amide bonds. The van der Waals surface area contributed by atoms with Gasteiger partial charge in [-0.05, 0) is 12.8 Å². The predicted molar refractivity (Wildman–Crippen MR) is 152 cm³/mol. The van der Waals surface area contributed by atoms with E-state index in [4.69, 9.17) is 18.9 Å². The molecule has 0 radical (unpaired) electrons. The number of rotatable bonds is 27. The summed E-state index contributed by atoms with van der Waals surface area (Å²) in [5.41, 5.74) is 0. The SMILES string of the molecule is CCCCCCCCCCCCC1OC1C(=O)OCCOC(=O)C1OC1CCCCCCCCCCCC. The highest BCUT2D eigenvalue weighted by Crippen LogP contribution is 2.30. The van der Waals surface area contributed by atoms with Gasteiger partial charge in [-0.1, -0.05) is 142 Å². The molecular formula is C32H58O6. The van der Waals surface area contributed by atoms with Gasteiger partial charge >= 0.3 is 11.9 Å². The van der Waals surface area contributed by atoms with Gasteiger partial charge in [0.25, 0.3) is 0 Å². The lowest BCUT2D eigenvalue weighted by Gasteiger charge is -2.04. The minimum Gasteiger partial charge on any atom is -0.460 e. The topological polar surface area (TPSA) is 77.7 Å². The number of carbonyl (C=O) groups is 2. The molecule has 4 unspecified atom stereocenters. The first kappa shape index (κ1) is 33.1. The molecule has 2 aliphatic heterocycles. The Morgan fingerprint density at radius 2 is 0.763 bits per heavy atom. The van der Waals surface area contributed by atoms with Crippen LogP contribution in [0.15, 0.2) is 0 Å². The molecule has 0 aromatic heterocycles. The fraction of sp³-hybridized carbons (Fsp3) is 0.938. The van der Waals surface area contributed by atoms with E-state index in [1.807, 2.05) is 0 Å². The Morgan fingerprint density at radius 1 is 0.474 bits per heavy atom. The highest BCUT2D eigenvalue weighted by Gasteiger charge is 2.46. The lowest BCUT2D eigenvalue weighted by atomic mass is 10.0. The summed E-state index contributed by atoms with van der Waals surface area (Å²) in [5, 5.41) is 0. The van der Waals surface area contributed by atoms with Crippen LogP contribution in [-0.4, -0.2) is 49.6 Å². The Balaban J connectivity index is 1.32. The van der Waals surface area contributed by atoms with E-state index in [0.29, 0.717) is 0 Å². The molecule has 2 heterocycles. The van der Waals surface area contributed by atoms with Gasteiger partial charge in [-0.15, -0.1) is 0 Å². The van der Waals surface area contributed by atoms with Gasteiger partial charge in [-0.25, -0.2) is 9.59 Å². The van der Waals surface area contributed by atoms with E-state index in [-0.39, 0.29) is 37.4 Å². The van der Waals surface area contributed by atoms with Gasteiger partial charge in [0.05, 0.1) is 12.2 Å². The summed E-state index contributed by atoms with van der Waals surface area (Å²) in [5.74, 6) is -0.667. The van der Waals surface area contributed by atoms with Crippen molar-refractivity contribution < 1.29 is 28.5 Å². The largest absolute Gasteiger partial charge is 0.460 e. The smallest absolute Gasteiger partial charge is 0.338 e. The van der Waals surface area contributed by atoms with Crippen LogP contribution in [0.4, 0.5) is 0 Å². The van der Waals surface area contributed by atoms with Crippen LogP contribution in [0.1, 0.15) is 155 Å². The molecule has 0 saturated carbocycles. The second kappa shape index (κ2) is 21.7. The molecule has 0 aliphatic carbocycles. The van der Waals surface area contributed by atoms with E-state index >= 15 is 0 Å². The highest BCUT2D eigenvalue weighted by molar-refractivity contribution is 5.78. The average molecular weight is 539 g/mol. The van der Waals surface area contributed by atoms with Gasteiger partial charge in [0.15, 0.2) is 12.2 Å². The van der Waals surface area contributed by atoms with Crippen molar-refractivity contribution in [3.63, 3.8) is 0 Å². The molecular weight excluding hydrogens is 480 g/mol. The van der Waals surface area contributed by atoms with Crippen LogP contribution >= 0.6 is 0 Å². The number of unbranched alkanes of at least 4 members (excludes halogenated alkanes) is 18. The van der Waals surface area contributed by atoms with Gasteiger partial charge in [0, 0.05) is 0 Å². The summed E-state index contributed by atoms with van der Waals surface area (Å²) in [6, 6.07) is 0. The van der Waals surface area contributed by atoms with Crippen LogP contribution in [0, 0.1) is 0 Å². The molecule has 4 atom stereocenters. The molecule has 38 heavy (non-hydrogen) atoms. The highest BCUT2D eigenvalue weighted by atomic mass is 16.7.